The normalized spacial score (nSPS) is 16.7. The maximum absolute atomic E-state index is 4.90. The number of hydrogen-bond donors (Lipinski definition) is 0. The van der Waals surface area contributed by atoms with Gasteiger partial charge in [0.05, 0.1) is 5.69 Å². The number of anilines is 1. The molecule has 21 heavy (non-hydrogen) atoms. The van der Waals surface area contributed by atoms with Crippen LogP contribution in [-0.4, -0.2) is 29.3 Å². The molecule has 2 heterocycles. The van der Waals surface area contributed by atoms with Crippen LogP contribution in [0.5, 0.6) is 0 Å². The van der Waals surface area contributed by atoms with E-state index in [0.717, 1.165) is 37.6 Å². The molecule has 3 nitrogen and oxygen atoms in total. The smallest absolute Gasteiger partial charge is 0.226 e. The zero-order valence-electron chi connectivity index (χ0n) is 12.3. The topological polar surface area (TPSA) is 29.0 Å². The molecule has 1 saturated heterocycles. The Morgan fingerprint density at radius 3 is 2.48 bits per heavy atom. The van der Waals surface area contributed by atoms with Crippen LogP contribution >= 0.6 is 11.8 Å². The van der Waals surface area contributed by atoms with E-state index in [4.69, 9.17) is 9.97 Å². The van der Waals surface area contributed by atoms with Crippen molar-refractivity contribution in [1.29, 1.82) is 0 Å². The van der Waals surface area contributed by atoms with Crippen LogP contribution in [0.15, 0.2) is 29.2 Å². The molecule has 1 aromatic carbocycles. The molecule has 4 rings (SSSR count). The zero-order chi connectivity index (χ0) is 14.2. The van der Waals surface area contributed by atoms with E-state index in [-0.39, 0.29) is 0 Å². The lowest BCUT2D eigenvalue weighted by Crippen LogP contribution is -2.38. The van der Waals surface area contributed by atoms with Gasteiger partial charge in [-0.15, -0.1) is 11.8 Å². The summed E-state index contributed by atoms with van der Waals surface area (Å²) in [6.07, 6.45) is 6.81. The first-order chi connectivity index (χ1) is 10.3. The van der Waals surface area contributed by atoms with Gasteiger partial charge in [-0.2, -0.15) is 0 Å². The first-order valence-electron chi connectivity index (χ1n) is 7.64. The van der Waals surface area contributed by atoms with E-state index in [1.165, 1.54) is 34.6 Å². The molecule has 0 bridgehead atoms. The Morgan fingerprint density at radius 2 is 1.81 bits per heavy atom. The molecule has 2 aromatic rings. The number of aryl methyl sites for hydroxylation is 1. The van der Waals surface area contributed by atoms with Gasteiger partial charge in [0.1, 0.15) is 0 Å². The van der Waals surface area contributed by atoms with Gasteiger partial charge < -0.3 is 4.90 Å². The maximum Gasteiger partial charge on any atom is 0.226 e. The molecule has 108 valence electrons. The number of rotatable bonds is 3. The molecule has 0 N–H and O–H groups in total. The summed E-state index contributed by atoms with van der Waals surface area (Å²) in [6.45, 7) is 2.20. The third kappa shape index (κ3) is 2.31. The van der Waals surface area contributed by atoms with Crippen LogP contribution in [0.3, 0.4) is 0 Å². The lowest BCUT2D eigenvalue weighted by Gasteiger charge is -2.31. The number of benzene rings is 1. The van der Waals surface area contributed by atoms with Crippen molar-refractivity contribution in [3.63, 3.8) is 0 Å². The summed E-state index contributed by atoms with van der Waals surface area (Å²) in [7, 11) is 0. The predicted octanol–water partition coefficient (Wildman–Crippen LogP) is 3.56. The van der Waals surface area contributed by atoms with Crippen molar-refractivity contribution in [2.75, 3.05) is 24.2 Å². The first kappa shape index (κ1) is 13.1. The minimum Gasteiger partial charge on any atom is -0.341 e. The molecule has 1 fully saturated rings. The first-order valence-corrected chi connectivity index (χ1v) is 8.87. The van der Waals surface area contributed by atoms with Crippen molar-refractivity contribution in [1.82, 2.24) is 9.97 Å². The van der Waals surface area contributed by atoms with E-state index < -0.39 is 0 Å². The van der Waals surface area contributed by atoms with Gasteiger partial charge in [0.25, 0.3) is 0 Å². The van der Waals surface area contributed by atoms with Gasteiger partial charge in [0.2, 0.25) is 5.95 Å². The standard InChI is InChI=1S/C17H19N3S/c1-21-13-8-6-12(7-9-13)16-14-4-2-5-15(14)18-17(19-16)20-10-3-11-20/h6-9H,2-5,10-11H2,1H3. The van der Waals surface area contributed by atoms with E-state index in [2.05, 4.69) is 35.4 Å². The molecule has 2 aliphatic rings. The summed E-state index contributed by atoms with van der Waals surface area (Å²) >= 11 is 1.78. The SMILES string of the molecule is CSc1ccc(-c2nc(N3CCC3)nc3c2CCC3)cc1. The van der Waals surface area contributed by atoms with Gasteiger partial charge in [0.15, 0.2) is 0 Å². The van der Waals surface area contributed by atoms with Gasteiger partial charge in [-0.3, -0.25) is 0 Å². The van der Waals surface area contributed by atoms with E-state index in [9.17, 15) is 0 Å². The summed E-state index contributed by atoms with van der Waals surface area (Å²) in [5.74, 6) is 0.936. The molecule has 1 aliphatic heterocycles. The van der Waals surface area contributed by atoms with Crippen LogP contribution < -0.4 is 4.90 Å². The number of hydrogen-bond acceptors (Lipinski definition) is 4. The lowest BCUT2D eigenvalue weighted by molar-refractivity contribution is 0.599. The van der Waals surface area contributed by atoms with Gasteiger partial charge in [-0.25, -0.2) is 9.97 Å². The van der Waals surface area contributed by atoms with Crippen LogP contribution in [0.4, 0.5) is 5.95 Å². The fourth-order valence-electron chi connectivity index (χ4n) is 3.06. The second-order valence-electron chi connectivity index (χ2n) is 5.72. The Labute approximate surface area is 129 Å². The van der Waals surface area contributed by atoms with E-state index >= 15 is 0 Å². The van der Waals surface area contributed by atoms with Crippen LogP contribution in [0.2, 0.25) is 0 Å². The second kappa shape index (κ2) is 5.34. The second-order valence-corrected chi connectivity index (χ2v) is 6.60. The largest absolute Gasteiger partial charge is 0.341 e. The Kier molecular flexibility index (Phi) is 3.34. The highest BCUT2D eigenvalue weighted by atomic mass is 32.2. The number of thioether (sulfide) groups is 1. The molecular weight excluding hydrogens is 278 g/mol. The van der Waals surface area contributed by atoms with Gasteiger partial charge >= 0.3 is 0 Å². The molecule has 0 radical (unpaired) electrons. The molecule has 1 aliphatic carbocycles. The maximum atomic E-state index is 4.90. The Hall–Kier alpha value is -1.55. The monoisotopic (exact) mass is 297 g/mol. The van der Waals surface area contributed by atoms with Crippen molar-refractivity contribution in [2.45, 2.75) is 30.6 Å². The lowest BCUT2D eigenvalue weighted by atomic mass is 10.1. The average Bonchev–Trinajstić information content (AvgIpc) is 2.93. The summed E-state index contributed by atoms with van der Waals surface area (Å²) < 4.78 is 0. The van der Waals surface area contributed by atoms with Crippen LogP contribution in [-0.2, 0) is 12.8 Å². The highest BCUT2D eigenvalue weighted by Crippen LogP contribution is 2.33. The fourth-order valence-corrected chi connectivity index (χ4v) is 3.47. The Balaban J connectivity index is 1.80. The van der Waals surface area contributed by atoms with Crippen LogP contribution in [0.25, 0.3) is 11.3 Å². The van der Waals surface area contributed by atoms with E-state index in [0.29, 0.717) is 0 Å². The van der Waals surface area contributed by atoms with E-state index in [1.807, 2.05) is 0 Å². The highest BCUT2D eigenvalue weighted by molar-refractivity contribution is 7.98. The van der Waals surface area contributed by atoms with E-state index in [1.54, 1.807) is 11.8 Å². The van der Waals surface area contributed by atoms with Crippen molar-refractivity contribution in [2.24, 2.45) is 0 Å². The number of nitrogens with zero attached hydrogens (tertiary/aromatic N) is 3. The molecule has 4 heteroatoms. The zero-order valence-corrected chi connectivity index (χ0v) is 13.1. The molecule has 0 amide bonds. The summed E-state index contributed by atoms with van der Waals surface area (Å²) in [4.78, 5) is 13.3. The van der Waals surface area contributed by atoms with Gasteiger partial charge in [-0.1, -0.05) is 12.1 Å². The minimum atomic E-state index is 0.936. The van der Waals surface area contributed by atoms with Crippen molar-refractivity contribution in [3.8, 4) is 11.3 Å². The minimum absolute atomic E-state index is 0.936. The number of aromatic nitrogens is 2. The van der Waals surface area contributed by atoms with Crippen LogP contribution in [0.1, 0.15) is 24.1 Å². The molecule has 0 spiro atoms. The number of fused-ring (bicyclic) bond motifs is 1. The third-order valence-electron chi connectivity index (χ3n) is 4.42. The van der Waals surface area contributed by atoms with Gasteiger partial charge in [-0.05, 0) is 44.1 Å². The van der Waals surface area contributed by atoms with Gasteiger partial charge in [0, 0.05) is 34.8 Å². The average molecular weight is 297 g/mol. The fraction of sp³-hybridized carbons (Fsp3) is 0.412. The molecule has 0 unspecified atom stereocenters. The summed E-state index contributed by atoms with van der Waals surface area (Å²) in [5.41, 5.74) is 5.04. The molecule has 0 saturated carbocycles. The van der Waals surface area contributed by atoms with Crippen molar-refractivity contribution < 1.29 is 0 Å². The molecular formula is C17H19N3S. The molecule has 1 aromatic heterocycles. The quantitative estimate of drug-likeness (QED) is 0.810. The molecule has 0 atom stereocenters. The van der Waals surface area contributed by atoms with Crippen LogP contribution in [0, 0.1) is 0 Å². The van der Waals surface area contributed by atoms with Crippen molar-refractivity contribution in [3.05, 3.63) is 35.5 Å². The Morgan fingerprint density at radius 1 is 1.00 bits per heavy atom. The highest BCUT2D eigenvalue weighted by Gasteiger charge is 2.24. The summed E-state index contributed by atoms with van der Waals surface area (Å²) in [6, 6.07) is 8.78. The predicted molar refractivity (Wildman–Crippen MR) is 88.1 cm³/mol. The third-order valence-corrected chi connectivity index (χ3v) is 5.17. The Bertz CT molecular complexity index is 662. The van der Waals surface area contributed by atoms with Crippen molar-refractivity contribution >= 4 is 17.7 Å². The summed E-state index contributed by atoms with van der Waals surface area (Å²) in [5, 5.41) is 0.